The molecule has 2 aromatic rings. The first-order chi connectivity index (χ1) is 14.2. The third-order valence-corrected chi connectivity index (χ3v) is 6.45. The van der Waals surface area contributed by atoms with Crippen molar-refractivity contribution >= 4 is 27.4 Å². The number of halogens is 2. The summed E-state index contributed by atoms with van der Waals surface area (Å²) >= 11 is 0. The molecule has 0 radical (unpaired) electrons. The SMILES string of the molecule is CS(=O)(=O)N1CCc2cc(N3CCN(Cc4ccccc4OC(F)F)C3=O)ccc21. The van der Waals surface area contributed by atoms with E-state index in [1.165, 1.54) is 16.6 Å². The molecule has 2 aliphatic heterocycles. The second-order valence-electron chi connectivity index (χ2n) is 7.24. The molecule has 0 unspecified atom stereocenters. The summed E-state index contributed by atoms with van der Waals surface area (Å²) in [5, 5.41) is 0. The van der Waals surface area contributed by atoms with Gasteiger partial charge in [0.05, 0.1) is 18.5 Å². The van der Waals surface area contributed by atoms with E-state index in [1.807, 2.05) is 6.07 Å². The minimum Gasteiger partial charge on any atom is -0.434 e. The minimum absolute atomic E-state index is 0.0529. The van der Waals surface area contributed by atoms with Crippen LogP contribution in [0.2, 0.25) is 0 Å². The van der Waals surface area contributed by atoms with Crippen LogP contribution >= 0.6 is 0 Å². The van der Waals surface area contributed by atoms with E-state index in [-0.39, 0.29) is 18.3 Å². The first kappa shape index (κ1) is 20.4. The molecule has 7 nitrogen and oxygen atoms in total. The van der Waals surface area contributed by atoms with E-state index in [0.717, 1.165) is 5.56 Å². The van der Waals surface area contributed by atoms with Crippen LogP contribution in [0.3, 0.4) is 0 Å². The number of sulfonamides is 1. The number of anilines is 2. The van der Waals surface area contributed by atoms with Crippen molar-refractivity contribution in [2.75, 3.05) is 35.1 Å². The van der Waals surface area contributed by atoms with Crippen LogP contribution in [-0.4, -0.2) is 51.9 Å². The summed E-state index contributed by atoms with van der Waals surface area (Å²) in [6.07, 6.45) is 1.76. The van der Waals surface area contributed by atoms with Crippen LogP contribution in [-0.2, 0) is 23.0 Å². The number of alkyl halides is 2. The first-order valence-electron chi connectivity index (χ1n) is 9.44. The molecule has 30 heavy (non-hydrogen) atoms. The average Bonchev–Trinajstić information content (AvgIpc) is 3.26. The Kier molecular flexibility index (Phi) is 5.27. The molecule has 2 heterocycles. The van der Waals surface area contributed by atoms with Crippen LogP contribution in [0.25, 0.3) is 0 Å². The van der Waals surface area contributed by atoms with E-state index in [2.05, 4.69) is 4.74 Å². The third-order valence-electron chi connectivity index (χ3n) is 5.27. The maximum absolute atomic E-state index is 12.9. The van der Waals surface area contributed by atoms with Gasteiger partial charge in [0.2, 0.25) is 10.0 Å². The van der Waals surface area contributed by atoms with Crippen molar-refractivity contribution in [3.05, 3.63) is 53.6 Å². The number of fused-ring (bicyclic) bond motifs is 1. The number of hydrogen-bond donors (Lipinski definition) is 0. The molecule has 0 aromatic heterocycles. The standard InChI is InChI=1S/C20H21F2N3O4S/c1-30(27,28)25-9-8-14-12-16(6-7-17(14)25)24-11-10-23(20(24)26)13-15-4-2-3-5-18(15)29-19(21)22/h2-7,12,19H,8-11,13H2,1H3. The van der Waals surface area contributed by atoms with Gasteiger partial charge in [-0.1, -0.05) is 18.2 Å². The van der Waals surface area contributed by atoms with Gasteiger partial charge in [-0.15, -0.1) is 0 Å². The number of benzene rings is 2. The van der Waals surface area contributed by atoms with Gasteiger partial charge in [-0.3, -0.25) is 9.21 Å². The normalized spacial score (nSPS) is 16.5. The number of ether oxygens (including phenoxy) is 1. The lowest BCUT2D eigenvalue weighted by molar-refractivity contribution is -0.0506. The summed E-state index contributed by atoms with van der Waals surface area (Å²) in [6.45, 7) is -1.50. The molecule has 2 aromatic carbocycles. The van der Waals surface area contributed by atoms with E-state index in [4.69, 9.17) is 0 Å². The molecule has 4 rings (SSSR count). The van der Waals surface area contributed by atoms with E-state index in [9.17, 15) is 22.0 Å². The van der Waals surface area contributed by atoms with E-state index in [1.54, 1.807) is 40.1 Å². The maximum atomic E-state index is 12.9. The lowest BCUT2D eigenvalue weighted by Crippen LogP contribution is -2.31. The van der Waals surface area contributed by atoms with Gasteiger partial charge in [-0.2, -0.15) is 8.78 Å². The number of carbonyl (C=O) groups is 1. The van der Waals surface area contributed by atoms with Crippen LogP contribution < -0.4 is 13.9 Å². The Morgan fingerprint density at radius 1 is 1.10 bits per heavy atom. The van der Waals surface area contributed by atoms with Crippen LogP contribution in [0, 0.1) is 0 Å². The zero-order chi connectivity index (χ0) is 21.5. The molecule has 2 aliphatic rings. The van der Waals surface area contributed by atoms with Gasteiger partial charge in [-0.05, 0) is 36.2 Å². The van der Waals surface area contributed by atoms with Crippen LogP contribution in [0.15, 0.2) is 42.5 Å². The fraction of sp³-hybridized carbons (Fsp3) is 0.350. The molecule has 0 atom stereocenters. The predicted molar refractivity (Wildman–Crippen MR) is 109 cm³/mol. The summed E-state index contributed by atoms with van der Waals surface area (Å²) in [4.78, 5) is 16.1. The van der Waals surface area contributed by atoms with Gasteiger partial charge in [0.15, 0.2) is 0 Å². The fourth-order valence-electron chi connectivity index (χ4n) is 3.89. The number of hydrogen-bond acceptors (Lipinski definition) is 4. The number of nitrogens with zero attached hydrogens (tertiary/aromatic N) is 3. The first-order valence-corrected chi connectivity index (χ1v) is 11.3. The zero-order valence-corrected chi connectivity index (χ0v) is 17.1. The monoisotopic (exact) mass is 437 g/mol. The fourth-order valence-corrected chi connectivity index (χ4v) is 4.85. The van der Waals surface area contributed by atoms with Crippen molar-refractivity contribution in [1.82, 2.24) is 4.90 Å². The number of rotatable bonds is 6. The Bertz CT molecular complexity index is 1080. The van der Waals surface area contributed by atoms with Crippen molar-refractivity contribution in [3.63, 3.8) is 0 Å². The maximum Gasteiger partial charge on any atom is 0.387 e. The van der Waals surface area contributed by atoms with Crippen LogP contribution in [0.5, 0.6) is 5.75 Å². The zero-order valence-electron chi connectivity index (χ0n) is 16.3. The Morgan fingerprint density at radius 3 is 2.60 bits per heavy atom. The summed E-state index contributed by atoms with van der Waals surface area (Å²) in [6, 6.07) is 11.5. The Hall–Kier alpha value is -2.88. The molecular weight excluding hydrogens is 416 g/mol. The van der Waals surface area contributed by atoms with Crippen LogP contribution in [0.4, 0.5) is 25.0 Å². The quantitative estimate of drug-likeness (QED) is 0.697. The van der Waals surface area contributed by atoms with Crippen molar-refractivity contribution in [1.29, 1.82) is 0 Å². The van der Waals surface area contributed by atoms with Gasteiger partial charge in [-0.25, -0.2) is 13.2 Å². The van der Waals surface area contributed by atoms with Crippen molar-refractivity contribution < 1.29 is 26.7 Å². The molecule has 0 saturated carbocycles. The predicted octanol–water partition coefficient (Wildman–Crippen LogP) is 3.05. The van der Waals surface area contributed by atoms with E-state index >= 15 is 0 Å². The smallest absolute Gasteiger partial charge is 0.387 e. The Balaban J connectivity index is 1.51. The largest absolute Gasteiger partial charge is 0.434 e. The van der Waals surface area contributed by atoms with Crippen molar-refractivity contribution in [3.8, 4) is 5.75 Å². The van der Waals surface area contributed by atoms with Crippen molar-refractivity contribution in [2.45, 2.75) is 19.6 Å². The van der Waals surface area contributed by atoms with E-state index < -0.39 is 16.6 Å². The highest BCUT2D eigenvalue weighted by Gasteiger charge is 2.32. The molecule has 2 amide bonds. The van der Waals surface area contributed by atoms with E-state index in [0.29, 0.717) is 43.0 Å². The number of amides is 2. The van der Waals surface area contributed by atoms with Gasteiger partial charge in [0.1, 0.15) is 5.75 Å². The molecule has 1 saturated heterocycles. The molecule has 0 N–H and O–H groups in total. The molecular formula is C20H21F2N3O4S. The van der Waals surface area contributed by atoms with Crippen LogP contribution in [0.1, 0.15) is 11.1 Å². The summed E-state index contributed by atoms with van der Waals surface area (Å²) in [7, 11) is -3.34. The molecule has 0 spiro atoms. The Morgan fingerprint density at radius 2 is 1.87 bits per heavy atom. The van der Waals surface area contributed by atoms with Gasteiger partial charge < -0.3 is 9.64 Å². The van der Waals surface area contributed by atoms with Gasteiger partial charge >= 0.3 is 12.6 Å². The summed E-state index contributed by atoms with van der Waals surface area (Å²) in [5.74, 6) is 0.0529. The Labute approximate surface area is 173 Å². The lowest BCUT2D eigenvalue weighted by atomic mass is 10.1. The molecule has 0 bridgehead atoms. The number of para-hydroxylation sites is 1. The highest BCUT2D eigenvalue weighted by atomic mass is 32.2. The highest BCUT2D eigenvalue weighted by molar-refractivity contribution is 7.92. The summed E-state index contributed by atoms with van der Waals surface area (Å²) < 4.78 is 55.0. The number of urea groups is 1. The molecule has 10 heteroatoms. The lowest BCUT2D eigenvalue weighted by Gasteiger charge is -2.21. The third kappa shape index (κ3) is 3.91. The van der Waals surface area contributed by atoms with Crippen molar-refractivity contribution in [2.24, 2.45) is 0 Å². The molecule has 160 valence electrons. The highest BCUT2D eigenvalue weighted by Crippen LogP contribution is 2.34. The van der Waals surface area contributed by atoms with Gasteiger partial charge in [0.25, 0.3) is 0 Å². The second-order valence-corrected chi connectivity index (χ2v) is 9.15. The summed E-state index contributed by atoms with van der Waals surface area (Å²) in [5.41, 5.74) is 2.71. The minimum atomic E-state index is -3.34. The average molecular weight is 437 g/mol. The molecule has 1 fully saturated rings. The molecule has 0 aliphatic carbocycles. The second kappa shape index (κ2) is 7.75. The topological polar surface area (TPSA) is 70.2 Å². The number of carbonyl (C=O) groups excluding carboxylic acids is 1. The van der Waals surface area contributed by atoms with Gasteiger partial charge in [0, 0.05) is 30.9 Å².